The first kappa shape index (κ1) is 16.0. The summed E-state index contributed by atoms with van der Waals surface area (Å²) in [5, 5.41) is 17.6. The van der Waals surface area contributed by atoms with Gasteiger partial charge in [-0.05, 0) is 23.3 Å². The summed E-state index contributed by atoms with van der Waals surface area (Å²) >= 11 is 2.95. The zero-order chi connectivity index (χ0) is 15.9. The minimum Gasteiger partial charge on any atom is -0.491 e. The van der Waals surface area contributed by atoms with Gasteiger partial charge < -0.3 is 9.84 Å². The van der Waals surface area contributed by atoms with Crippen LogP contribution in [0.3, 0.4) is 0 Å². The summed E-state index contributed by atoms with van der Waals surface area (Å²) in [4.78, 5) is 0. The van der Waals surface area contributed by atoms with Crippen molar-refractivity contribution in [2.75, 3.05) is 12.4 Å². The average molecular weight is 344 g/mol. The third-order valence-electron chi connectivity index (χ3n) is 3.14. The molecule has 0 fully saturated rings. The van der Waals surface area contributed by atoms with E-state index in [9.17, 15) is 5.11 Å². The summed E-state index contributed by atoms with van der Waals surface area (Å²) in [6, 6.07) is 18.1. The Kier molecular flexibility index (Phi) is 5.63. The number of aliphatic hydroxyl groups is 1. The van der Waals surface area contributed by atoms with E-state index < -0.39 is 6.10 Å². The maximum absolute atomic E-state index is 9.95. The molecule has 0 aliphatic heterocycles. The summed E-state index contributed by atoms with van der Waals surface area (Å²) < 4.78 is 6.49. The van der Waals surface area contributed by atoms with Crippen molar-refractivity contribution in [3.8, 4) is 16.9 Å². The Morgan fingerprint density at radius 2 is 1.78 bits per heavy atom. The van der Waals surface area contributed by atoms with Crippen LogP contribution in [0.2, 0.25) is 0 Å². The van der Waals surface area contributed by atoms with E-state index in [-0.39, 0.29) is 6.61 Å². The van der Waals surface area contributed by atoms with Crippen LogP contribution < -0.4 is 4.74 Å². The van der Waals surface area contributed by atoms with Crippen molar-refractivity contribution < 1.29 is 9.84 Å². The van der Waals surface area contributed by atoms with Gasteiger partial charge in [0.05, 0.1) is 6.10 Å². The molecular weight excluding hydrogens is 328 g/mol. The number of ether oxygens (including phenoxy) is 1. The van der Waals surface area contributed by atoms with Gasteiger partial charge in [0.2, 0.25) is 0 Å². The summed E-state index contributed by atoms with van der Waals surface area (Å²) in [5.74, 6) is 1.29. The van der Waals surface area contributed by atoms with E-state index in [1.54, 1.807) is 5.51 Å². The summed E-state index contributed by atoms with van der Waals surface area (Å²) in [5.41, 5.74) is 4.00. The molecule has 1 N–H and O–H groups in total. The number of hydrogen-bond donors (Lipinski definition) is 1. The Labute approximate surface area is 143 Å². The molecule has 23 heavy (non-hydrogen) atoms. The van der Waals surface area contributed by atoms with Crippen molar-refractivity contribution in [2.24, 2.45) is 0 Å². The highest BCUT2D eigenvalue weighted by atomic mass is 32.2. The highest BCUT2D eigenvalue weighted by Crippen LogP contribution is 2.23. The lowest BCUT2D eigenvalue weighted by molar-refractivity contribution is 0.126. The molecule has 0 saturated heterocycles. The molecule has 1 aromatic heterocycles. The van der Waals surface area contributed by atoms with Gasteiger partial charge in [-0.2, -0.15) is 0 Å². The molecule has 3 rings (SSSR count). The smallest absolute Gasteiger partial charge is 0.174 e. The maximum Gasteiger partial charge on any atom is 0.174 e. The minimum atomic E-state index is -0.544. The number of benzene rings is 2. The van der Waals surface area contributed by atoms with Gasteiger partial charge in [0, 0.05) is 5.75 Å². The molecule has 118 valence electrons. The zero-order valence-electron chi connectivity index (χ0n) is 12.3. The van der Waals surface area contributed by atoms with E-state index in [1.165, 1.54) is 28.7 Å². The molecule has 6 heteroatoms. The lowest BCUT2D eigenvalue weighted by Gasteiger charge is -2.11. The third-order valence-corrected chi connectivity index (χ3v) is 5.15. The first-order valence-electron chi connectivity index (χ1n) is 7.16. The molecule has 0 saturated carbocycles. The zero-order valence-corrected chi connectivity index (χ0v) is 14.0. The molecular formula is C17H16N2O2S2. The highest BCUT2D eigenvalue weighted by Gasteiger charge is 2.08. The van der Waals surface area contributed by atoms with Gasteiger partial charge in [-0.25, -0.2) is 0 Å². The summed E-state index contributed by atoms with van der Waals surface area (Å²) in [7, 11) is 0. The first-order chi connectivity index (χ1) is 11.3. The highest BCUT2D eigenvalue weighted by molar-refractivity contribution is 8.01. The number of hydrogen-bond acceptors (Lipinski definition) is 6. The van der Waals surface area contributed by atoms with E-state index in [1.807, 2.05) is 42.5 Å². The summed E-state index contributed by atoms with van der Waals surface area (Å²) in [6.45, 7) is 0.260. The van der Waals surface area contributed by atoms with E-state index in [0.717, 1.165) is 15.7 Å². The Hall–Kier alpha value is -1.89. The number of nitrogens with zero attached hydrogens (tertiary/aromatic N) is 2. The van der Waals surface area contributed by atoms with E-state index >= 15 is 0 Å². The van der Waals surface area contributed by atoms with Gasteiger partial charge in [-0.3, -0.25) is 0 Å². The third kappa shape index (κ3) is 4.79. The van der Waals surface area contributed by atoms with E-state index in [2.05, 4.69) is 22.3 Å². The van der Waals surface area contributed by atoms with Gasteiger partial charge >= 0.3 is 0 Å². The molecule has 0 aliphatic carbocycles. The van der Waals surface area contributed by atoms with Crippen molar-refractivity contribution in [2.45, 2.75) is 10.4 Å². The second kappa shape index (κ2) is 8.10. The minimum absolute atomic E-state index is 0.260. The Balaban J connectivity index is 1.48. The molecule has 0 bridgehead atoms. The van der Waals surface area contributed by atoms with Gasteiger partial charge in [0.15, 0.2) is 4.34 Å². The van der Waals surface area contributed by atoms with Crippen LogP contribution in [0.5, 0.6) is 5.75 Å². The molecule has 3 aromatic rings. The van der Waals surface area contributed by atoms with Crippen LogP contribution in [-0.4, -0.2) is 33.8 Å². The average Bonchev–Trinajstić information content (AvgIpc) is 3.13. The fourth-order valence-electron chi connectivity index (χ4n) is 2.01. The molecule has 0 unspecified atom stereocenters. The second-order valence-corrected chi connectivity index (χ2v) is 6.97. The Morgan fingerprint density at radius 3 is 2.48 bits per heavy atom. The van der Waals surface area contributed by atoms with E-state index in [0.29, 0.717) is 5.75 Å². The van der Waals surface area contributed by atoms with Crippen molar-refractivity contribution in [1.82, 2.24) is 10.2 Å². The second-order valence-electron chi connectivity index (χ2n) is 4.87. The van der Waals surface area contributed by atoms with Crippen LogP contribution in [-0.2, 0) is 0 Å². The maximum atomic E-state index is 9.95. The fourth-order valence-corrected chi connectivity index (χ4v) is 3.43. The molecule has 0 radical (unpaired) electrons. The number of thioether (sulfide) groups is 1. The van der Waals surface area contributed by atoms with Crippen molar-refractivity contribution in [3.63, 3.8) is 0 Å². The van der Waals surface area contributed by atoms with Gasteiger partial charge in [0.1, 0.15) is 17.9 Å². The molecule has 0 amide bonds. The lowest BCUT2D eigenvalue weighted by Crippen LogP contribution is -2.20. The number of rotatable bonds is 7. The fraction of sp³-hybridized carbons (Fsp3) is 0.176. The van der Waals surface area contributed by atoms with Gasteiger partial charge in [-0.1, -0.05) is 65.6 Å². The van der Waals surface area contributed by atoms with Crippen LogP contribution in [0.4, 0.5) is 0 Å². The molecule has 1 atom stereocenters. The Bertz CT molecular complexity index is 703. The van der Waals surface area contributed by atoms with Gasteiger partial charge in [0.25, 0.3) is 0 Å². The molecule has 1 heterocycles. The normalized spacial score (nSPS) is 12.0. The Morgan fingerprint density at radius 1 is 1.04 bits per heavy atom. The molecule has 0 aliphatic rings. The van der Waals surface area contributed by atoms with Crippen LogP contribution >= 0.6 is 23.1 Å². The van der Waals surface area contributed by atoms with Crippen molar-refractivity contribution in [1.29, 1.82) is 0 Å². The standard InChI is InChI=1S/C17H16N2O2S2/c20-15(11-22-17-19-18-12-23-17)10-21-16-8-6-14(7-9-16)13-4-2-1-3-5-13/h1-9,12,15,20H,10-11H2/t15-/m1/s1. The van der Waals surface area contributed by atoms with Crippen LogP contribution in [0.1, 0.15) is 0 Å². The topological polar surface area (TPSA) is 55.2 Å². The molecule has 4 nitrogen and oxygen atoms in total. The number of aliphatic hydroxyl groups excluding tert-OH is 1. The van der Waals surface area contributed by atoms with Gasteiger partial charge in [-0.15, -0.1) is 10.2 Å². The predicted octanol–water partition coefficient (Wildman–Crippen LogP) is 3.74. The van der Waals surface area contributed by atoms with Crippen molar-refractivity contribution >= 4 is 23.1 Å². The monoisotopic (exact) mass is 344 g/mol. The van der Waals surface area contributed by atoms with Crippen LogP contribution in [0, 0.1) is 0 Å². The predicted molar refractivity (Wildman–Crippen MR) is 94.0 cm³/mol. The van der Waals surface area contributed by atoms with Crippen LogP contribution in [0.15, 0.2) is 64.4 Å². The molecule has 2 aromatic carbocycles. The van der Waals surface area contributed by atoms with Crippen molar-refractivity contribution in [3.05, 3.63) is 60.1 Å². The SMILES string of the molecule is O[C@H](COc1ccc(-c2ccccc2)cc1)CSc1nncs1. The lowest BCUT2D eigenvalue weighted by atomic mass is 10.1. The quantitative estimate of drug-likeness (QED) is 0.662. The van der Waals surface area contributed by atoms with Crippen LogP contribution in [0.25, 0.3) is 11.1 Å². The first-order valence-corrected chi connectivity index (χ1v) is 9.03. The van der Waals surface area contributed by atoms with E-state index in [4.69, 9.17) is 4.74 Å². The molecule has 0 spiro atoms. The summed E-state index contributed by atoms with van der Waals surface area (Å²) in [6.07, 6.45) is -0.544. The largest absolute Gasteiger partial charge is 0.491 e. The number of aromatic nitrogens is 2.